The lowest BCUT2D eigenvalue weighted by atomic mass is 10.1. The molecule has 0 unspecified atom stereocenters. The minimum absolute atomic E-state index is 0.00309. The fraction of sp³-hybridized carbons (Fsp3) is 0.364. The van der Waals surface area contributed by atoms with Crippen LogP contribution < -0.4 is 5.32 Å². The van der Waals surface area contributed by atoms with Gasteiger partial charge in [0.05, 0.1) is 6.54 Å². The topological polar surface area (TPSA) is 52.7 Å². The maximum Gasteiger partial charge on any atom is 0.253 e. The number of hydrogen-bond acceptors (Lipinski definition) is 3. The first-order valence-electron chi connectivity index (χ1n) is 9.69. The molecule has 6 heteroatoms. The highest BCUT2D eigenvalue weighted by atomic mass is 35.5. The Balaban J connectivity index is 1.43. The Morgan fingerprint density at radius 2 is 1.79 bits per heavy atom. The van der Waals surface area contributed by atoms with Crippen LogP contribution in [-0.4, -0.2) is 60.9 Å². The molecule has 0 atom stereocenters. The van der Waals surface area contributed by atoms with Gasteiger partial charge in [0.2, 0.25) is 5.91 Å². The molecule has 1 fully saturated rings. The van der Waals surface area contributed by atoms with E-state index in [2.05, 4.69) is 22.3 Å². The highest BCUT2D eigenvalue weighted by molar-refractivity contribution is 6.30. The van der Waals surface area contributed by atoms with Crippen LogP contribution in [0, 0.1) is 0 Å². The number of nitrogens with one attached hydrogen (secondary N) is 1. The van der Waals surface area contributed by atoms with E-state index in [0.717, 1.165) is 19.4 Å². The fourth-order valence-corrected chi connectivity index (χ4v) is 3.58. The van der Waals surface area contributed by atoms with Gasteiger partial charge in [-0.1, -0.05) is 48.0 Å². The van der Waals surface area contributed by atoms with E-state index in [0.29, 0.717) is 43.3 Å². The summed E-state index contributed by atoms with van der Waals surface area (Å²) in [5.41, 5.74) is 1.83. The van der Waals surface area contributed by atoms with E-state index in [1.807, 2.05) is 23.1 Å². The van der Waals surface area contributed by atoms with Gasteiger partial charge >= 0.3 is 0 Å². The van der Waals surface area contributed by atoms with Crippen molar-refractivity contribution >= 4 is 23.4 Å². The Bertz CT molecular complexity index is 797. The van der Waals surface area contributed by atoms with Crippen LogP contribution in [0.3, 0.4) is 0 Å². The number of nitrogens with zero attached hydrogens (tertiary/aromatic N) is 2. The average molecular weight is 400 g/mol. The van der Waals surface area contributed by atoms with Crippen LogP contribution in [-0.2, 0) is 11.2 Å². The third-order valence-electron chi connectivity index (χ3n) is 4.89. The number of benzene rings is 2. The standard InChI is InChI=1S/C22H26ClN3O2/c23-20-9-4-8-19(16-20)22(28)26-13-5-12-25(14-15-26)17-21(27)24-11-10-18-6-2-1-3-7-18/h1-4,6-9,16H,5,10-15,17H2,(H,24,27). The van der Waals surface area contributed by atoms with Crippen LogP contribution >= 0.6 is 11.6 Å². The SMILES string of the molecule is O=C(CN1CCCN(C(=O)c2cccc(Cl)c2)CC1)NCCc1ccccc1. The van der Waals surface area contributed by atoms with Gasteiger partial charge in [0.15, 0.2) is 0 Å². The number of carbonyl (C=O) groups is 2. The van der Waals surface area contributed by atoms with Gasteiger partial charge in [-0.15, -0.1) is 0 Å². The molecule has 1 aliphatic heterocycles. The molecule has 0 spiro atoms. The maximum absolute atomic E-state index is 12.7. The van der Waals surface area contributed by atoms with Crippen LogP contribution in [0.25, 0.3) is 0 Å². The smallest absolute Gasteiger partial charge is 0.253 e. The summed E-state index contributed by atoms with van der Waals surface area (Å²) in [6, 6.07) is 17.2. The highest BCUT2D eigenvalue weighted by Crippen LogP contribution is 2.14. The zero-order valence-corrected chi connectivity index (χ0v) is 16.7. The van der Waals surface area contributed by atoms with Crippen LogP contribution in [0.15, 0.2) is 54.6 Å². The molecule has 1 aliphatic rings. The predicted molar refractivity (Wildman–Crippen MR) is 112 cm³/mol. The first-order valence-corrected chi connectivity index (χ1v) is 10.1. The summed E-state index contributed by atoms with van der Waals surface area (Å²) >= 11 is 6.00. The zero-order valence-electron chi connectivity index (χ0n) is 15.9. The maximum atomic E-state index is 12.7. The van der Waals surface area contributed by atoms with E-state index in [-0.39, 0.29) is 11.8 Å². The molecule has 28 heavy (non-hydrogen) atoms. The fourth-order valence-electron chi connectivity index (χ4n) is 3.39. The lowest BCUT2D eigenvalue weighted by molar-refractivity contribution is -0.122. The van der Waals surface area contributed by atoms with Crippen molar-refractivity contribution in [3.05, 3.63) is 70.7 Å². The first kappa shape index (κ1) is 20.4. The minimum atomic E-state index is -0.00309. The average Bonchev–Trinajstić information content (AvgIpc) is 2.94. The Labute approximate surface area is 171 Å². The van der Waals surface area contributed by atoms with Crippen molar-refractivity contribution in [1.29, 1.82) is 0 Å². The number of amides is 2. The third kappa shape index (κ3) is 6.08. The minimum Gasteiger partial charge on any atom is -0.355 e. The summed E-state index contributed by atoms with van der Waals surface area (Å²) in [7, 11) is 0. The first-order chi connectivity index (χ1) is 13.6. The molecule has 0 aromatic heterocycles. The molecule has 2 aromatic rings. The molecule has 5 nitrogen and oxygen atoms in total. The van der Waals surface area contributed by atoms with Crippen LogP contribution in [0.5, 0.6) is 0 Å². The van der Waals surface area contributed by atoms with Gasteiger partial charge < -0.3 is 10.2 Å². The Hall–Kier alpha value is -2.37. The Morgan fingerprint density at radius 3 is 2.57 bits per heavy atom. The Kier molecular flexibility index (Phi) is 7.46. The monoisotopic (exact) mass is 399 g/mol. The number of carbonyl (C=O) groups excluding carboxylic acids is 2. The lowest BCUT2D eigenvalue weighted by Crippen LogP contribution is -2.40. The number of rotatable bonds is 6. The largest absolute Gasteiger partial charge is 0.355 e. The second-order valence-corrected chi connectivity index (χ2v) is 7.45. The van der Waals surface area contributed by atoms with E-state index >= 15 is 0 Å². The van der Waals surface area contributed by atoms with Crippen molar-refractivity contribution < 1.29 is 9.59 Å². The lowest BCUT2D eigenvalue weighted by Gasteiger charge is -2.22. The van der Waals surface area contributed by atoms with Crippen molar-refractivity contribution in [3.8, 4) is 0 Å². The van der Waals surface area contributed by atoms with Gasteiger partial charge in [0, 0.05) is 43.3 Å². The van der Waals surface area contributed by atoms with Crippen molar-refractivity contribution in [2.45, 2.75) is 12.8 Å². The zero-order chi connectivity index (χ0) is 19.8. The molecule has 2 amide bonds. The molecule has 1 heterocycles. The number of halogens is 1. The van der Waals surface area contributed by atoms with E-state index in [1.165, 1.54) is 5.56 Å². The van der Waals surface area contributed by atoms with Crippen LogP contribution in [0.1, 0.15) is 22.3 Å². The van der Waals surface area contributed by atoms with Gasteiger partial charge in [-0.25, -0.2) is 0 Å². The van der Waals surface area contributed by atoms with E-state index in [9.17, 15) is 9.59 Å². The van der Waals surface area contributed by atoms with Crippen molar-refractivity contribution in [1.82, 2.24) is 15.1 Å². The molecule has 2 aromatic carbocycles. The molecule has 1 N–H and O–H groups in total. The predicted octanol–water partition coefficient (Wildman–Crippen LogP) is 2.85. The van der Waals surface area contributed by atoms with Crippen LogP contribution in [0.2, 0.25) is 5.02 Å². The molecule has 3 rings (SSSR count). The van der Waals surface area contributed by atoms with E-state index in [1.54, 1.807) is 24.3 Å². The van der Waals surface area contributed by atoms with Gasteiger partial charge in [-0.3, -0.25) is 14.5 Å². The molecular formula is C22H26ClN3O2. The summed E-state index contributed by atoms with van der Waals surface area (Å²) in [6.07, 6.45) is 1.68. The van der Waals surface area contributed by atoms with Crippen LogP contribution in [0.4, 0.5) is 0 Å². The summed E-state index contributed by atoms with van der Waals surface area (Å²) in [4.78, 5) is 28.9. The molecule has 0 bridgehead atoms. The summed E-state index contributed by atoms with van der Waals surface area (Å²) in [6.45, 7) is 3.81. The number of hydrogen-bond donors (Lipinski definition) is 1. The molecular weight excluding hydrogens is 374 g/mol. The van der Waals surface area contributed by atoms with E-state index < -0.39 is 0 Å². The normalized spacial score (nSPS) is 15.1. The highest BCUT2D eigenvalue weighted by Gasteiger charge is 2.21. The van der Waals surface area contributed by atoms with Gasteiger partial charge in [0.1, 0.15) is 0 Å². The van der Waals surface area contributed by atoms with Crippen molar-refractivity contribution in [2.75, 3.05) is 39.3 Å². The van der Waals surface area contributed by atoms with E-state index in [4.69, 9.17) is 11.6 Å². The second-order valence-electron chi connectivity index (χ2n) is 7.02. The molecule has 148 valence electrons. The van der Waals surface area contributed by atoms with Gasteiger partial charge in [-0.05, 0) is 36.6 Å². The quantitative estimate of drug-likeness (QED) is 0.812. The van der Waals surface area contributed by atoms with Gasteiger partial charge in [-0.2, -0.15) is 0 Å². The second kappa shape index (κ2) is 10.2. The molecule has 0 saturated carbocycles. The third-order valence-corrected chi connectivity index (χ3v) is 5.13. The molecule has 0 aliphatic carbocycles. The van der Waals surface area contributed by atoms with Gasteiger partial charge in [0.25, 0.3) is 5.91 Å². The summed E-state index contributed by atoms with van der Waals surface area (Å²) in [5, 5.41) is 3.55. The molecule has 1 saturated heterocycles. The summed E-state index contributed by atoms with van der Waals surface area (Å²) < 4.78 is 0. The van der Waals surface area contributed by atoms with Crippen molar-refractivity contribution in [2.24, 2.45) is 0 Å². The Morgan fingerprint density at radius 1 is 0.964 bits per heavy atom. The summed E-state index contributed by atoms with van der Waals surface area (Å²) in [5.74, 6) is 0.0298. The molecule has 0 radical (unpaired) electrons. The van der Waals surface area contributed by atoms with Crippen molar-refractivity contribution in [3.63, 3.8) is 0 Å².